The Labute approximate surface area is 245 Å². The zero-order chi connectivity index (χ0) is 28.7. The van der Waals surface area contributed by atoms with E-state index in [0.717, 1.165) is 56.9 Å². The van der Waals surface area contributed by atoms with Gasteiger partial charge >= 0.3 is 5.97 Å². The highest BCUT2D eigenvalue weighted by Crippen LogP contribution is 2.53. The first kappa shape index (κ1) is 29.7. The van der Waals surface area contributed by atoms with Crippen molar-refractivity contribution in [3.8, 4) is 0 Å². The Hall–Kier alpha value is -1.33. The number of hydrogen-bond donors (Lipinski definition) is 0. The lowest BCUT2D eigenvalue weighted by atomic mass is 9.89. The van der Waals surface area contributed by atoms with Gasteiger partial charge in [0.1, 0.15) is 24.9 Å². The van der Waals surface area contributed by atoms with Crippen molar-refractivity contribution in [2.45, 2.75) is 139 Å². The molecule has 5 aliphatic rings. The number of esters is 1. The smallest absolute Gasteiger partial charge is 0.309 e. The van der Waals surface area contributed by atoms with Crippen LogP contribution in [0.25, 0.3) is 0 Å². The molecule has 9 heteroatoms. The molecule has 6 atom stereocenters. The second-order valence-corrected chi connectivity index (χ2v) is 18.3. The fourth-order valence-electron chi connectivity index (χ4n) is 7.50. The van der Waals surface area contributed by atoms with Gasteiger partial charge < -0.3 is 32.8 Å². The van der Waals surface area contributed by atoms with Crippen LogP contribution >= 0.6 is 0 Å². The van der Waals surface area contributed by atoms with Crippen LogP contribution in [0.1, 0.15) is 76.7 Å². The molecule has 0 N–H and O–H groups in total. The Bertz CT molecular complexity index is 1050. The fraction of sp³-hybridized carbons (Fsp3) is 0.781. The number of ether oxygens (including phenoxy) is 6. The average Bonchev–Trinajstić information content (AvgIpc) is 3.59. The van der Waals surface area contributed by atoms with E-state index in [1.807, 2.05) is 37.3 Å². The summed E-state index contributed by atoms with van der Waals surface area (Å²) in [5.74, 6) is -1.80. The Morgan fingerprint density at radius 3 is 2.22 bits per heavy atom. The van der Waals surface area contributed by atoms with Crippen LogP contribution in [0, 0.1) is 5.92 Å². The molecule has 1 aromatic rings. The summed E-state index contributed by atoms with van der Waals surface area (Å²) in [6.45, 7) is 8.80. The Morgan fingerprint density at radius 2 is 1.56 bits per heavy atom. The number of fused-ring (bicyclic) bond motifs is 1. The van der Waals surface area contributed by atoms with E-state index in [4.69, 9.17) is 32.8 Å². The molecule has 1 aromatic carbocycles. The molecule has 228 valence electrons. The van der Waals surface area contributed by atoms with Gasteiger partial charge in [-0.15, -0.1) is 0 Å². The summed E-state index contributed by atoms with van der Waals surface area (Å²) in [4.78, 5) is 13.4. The maximum absolute atomic E-state index is 13.4. The number of carbonyl (C=O) groups excluding carboxylic acids is 1. The molecule has 0 amide bonds. The van der Waals surface area contributed by atoms with Crippen molar-refractivity contribution in [2.24, 2.45) is 5.92 Å². The highest BCUT2D eigenvalue weighted by Gasteiger charge is 2.70. The van der Waals surface area contributed by atoms with Crippen molar-refractivity contribution in [1.82, 2.24) is 0 Å². The van der Waals surface area contributed by atoms with Crippen LogP contribution < -0.4 is 0 Å². The van der Waals surface area contributed by atoms with E-state index in [2.05, 4.69) is 19.6 Å². The quantitative estimate of drug-likeness (QED) is 0.275. The van der Waals surface area contributed by atoms with Gasteiger partial charge in [0.25, 0.3) is 0 Å². The molecule has 0 unspecified atom stereocenters. The molecule has 0 bridgehead atoms. The predicted molar refractivity (Wildman–Crippen MR) is 155 cm³/mol. The lowest BCUT2D eigenvalue weighted by Gasteiger charge is -2.44. The maximum atomic E-state index is 13.4. The first-order chi connectivity index (χ1) is 19.6. The van der Waals surface area contributed by atoms with Gasteiger partial charge in [0.15, 0.2) is 31.8 Å². The van der Waals surface area contributed by atoms with Crippen molar-refractivity contribution >= 4 is 14.3 Å². The van der Waals surface area contributed by atoms with E-state index in [0.29, 0.717) is 13.0 Å². The van der Waals surface area contributed by atoms with Crippen molar-refractivity contribution in [3.05, 3.63) is 35.9 Å². The van der Waals surface area contributed by atoms with E-state index in [1.165, 1.54) is 12.8 Å². The number of rotatable bonds is 8. The monoisotopic (exact) mass is 588 g/mol. The van der Waals surface area contributed by atoms with E-state index in [9.17, 15) is 4.79 Å². The Balaban J connectivity index is 1.27. The summed E-state index contributed by atoms with van der Waals surface area (Å²) < 4.78 is 46.5. The van der Waals surface area contributed by atoms with Crippen molar-refractivity contribution in [2.75, 3.05) is 13.2 Å². The van der Waals surface area contributed by atoms with Crippen LogP contribution in [0.2, 0.25) is 19.6 Å². The second-order valence-electron chi connectivity index (χ2n) is 13.9. The van der Waals surface area contributed by atoms with Gasteiger partial charge in [0, 0.05) is 25.7 Å². The first-order valence-electron chi connectivity index (χ1n) is 15.8. The van der Waals surface area contributed by atoms with Gasteiger partial charge in [-0.3, -0.25) is 4.79 Å². The van der Waals surface area contributed by atoms with Crippen LogP contribution in [-0.4, -0.2) is 69.3 Å². The van der Waals surface area contributed by atoms with Gasteiger partial charge in [0.05, 0.1) is 12.5 Å². The number of carbonyl (C=O) groups is 1. The molecule has 0 radical (unpaired) electrons. The van der Waals surface area contributed by atoms with Crippen LogP contribution in [-0.2, 0) is 44.1 Å². The molecular formula is C32H48O8Si. The van der Waals surface area contributed by atoms with Gasteiger partial charge in [-0.25, -0.2) is 0 Å². The normalized spacial score (nSPS) is 35.0. The van der Waals surface area contributed by atoms with Crippen LogP contribution in [0.4, 0.5) is 0 Å². The summed E-state index contributed by atoms with van der Waals surface area (Å²) >= 11 is 0. The van der Waals surface area contributed by atoms with E-state index < -0.39 is 44.0 Å². The molecule has 2 spiro atoms. The topological polar surface area (TPSA) is 81.7 Å². The van der Waals surface area contributed by atoms with Gasteiger partial charge in [0.2, 0.25) is 0 Å². The SMILES string of the molecule is C[C@H](Cc1ccccc1)C(=O)OC[C@]1(O[Si](C)(C)C)[C@@H]([C@H]2COC3(CCCCC3)O2)O[C@@H]2OC3(CCCCC3)O[C@@H]21. The molecule has 3 saturated heterocycles. The third-order valence-electron chi connectivity index (χ3n) is 9.33. The molecule has 3 aliphatic heterocycles. The lowest BCUT2D eigenvalue weighted by Crippen LogP contribution is -2.62. The molecular weight excluding hydrogens is 540 g/mol. The molecule has 0 aromatic heterocycles. The standard InChI is InChI=1S/C32H48O8Si/c1-23(20-24-14-8-5-9-15-24)28(33)34-22-32(40-41(2,3)4)26(25-21-35-30(37-25)16-10-6-11-17-30)36-29-27(32)38-31(39-29)18-12-7-13-19-31/h5,8-9,14-15,23,25-27,29H,6-7,10-13,16-22H2,1-4H3/t23-,25-,26-,27+,29-,32+/m1/s1. The average molecular weight is 589 g/mol. The van der Waals surface area contributed by atoms with Gasteiger partial charge in [-0.1, -0.05) is 50.1 Å². The molecule has 41 heavy (non-hydrogen) atoms. The second kappa shape index (κ2) is 11.6. The Kier molecular flexibility index (Phi) is 8.44. The maximum Gasteiger partial charge on any atom is 0.309 e. The lowest BCUT2D eigenvalue weighted by molar-refractivity contribution is -0.274. The van der Waals surface area contributed by atoms with E-state index >= 15 is 0 Å². The van der Waals surface area contributed by atoms with Crippen LogP contribution in [0.3, 0.4) is 0 Å². The third kappa shape index (κ3) is 6.19. The number of benzene rings is 1. The van der Waals surface area contributed by atoms with E-state index in [-0.39, 0.29) is 24.6 Å². The number of hydrogen-bond acceptors (Lipinski definition) is 8. The van der Waals surface area contributed by atoms with E-state index in [1.54, 1.807) is 0 Å². The van der Waals surface area contributed by atoms with Crippen molar-refractivity contribution in [1.29, 1.82) is 0 Å². The van der Waals surface area contributed by atoms with Gasteiger partial charge in [-0.2, -0.15) is 0 Å². The minimum atomic E-state index is -2.22. The summed E-state index contributed by atoms with van der Waals surface area (Å²) in [5.41, 5.74) is 0.0418. The van der Waals surface area contributed by atoms with Crippen LogP contribution in [0.5, 0.6) is 0 Å². The highest BCUT2D eigenvalue weighted by molar-refractivity contribution is 6.69. The first-order valence-corrected chi connectivity index (χ1v) is 19.3. The molecule has 2 aliphatic carbocycles. The fourth-order valence-corrected chi connectivity index (χ4v) is 8.94. The zero-order valence-corrected chi connectivity index (χ0v) is 26.2. The molecule has 3 heterocycles. The minimum Gasteiger partial charge on any atom is -0.462 e. The molecule has 6 rings (SSSR count). The molecule has 5 fully saturated rings. The molecule has 2 saturated carbocycles. The predicted octanol–water partition coefficient (Wildman–Crippen LogP) is 5.88. The highest BCUT2D eigenvalue weighted by atomic mass is 28.4. The Morgan fingerprint density at radius 1 is 0.902 bits per heavy atom. The van der Waals surface area contributed by atoms with Crippen LogP contribution in [0.15, 0.2) is 30.3 Å². The summed E-state index contributed by atoms with van der Waals surface area (Å²) in [7, 11) is -2.22. The summed E-state index contributed by atoms with van der Waals surface area (Å²) in [5, 5.41) is 0. The van der Waals surface area contributed by atoms with Crippen molar-refractivity contribution < 1.29 is 37.6 Å². The minimum absolute atomic E-state index is 0.0212. The van der Waals surface area contributed by atoms with Gasteiger partial charge in [-0.05, 0) is 57.3 Å². The largest absolute Gasteiger partial charge is 0.462 e. The zero-order valence-electron chi connectivity index (χ0n) is 25.2. The summed E-state index contributed by atoms with van der Waals surface area (Å²) in [6.07, 6.45) is 8.64. The van der Waals surface area contributed by atoms with Crippen molar-refractivity contribution in [3.63, 3.8) is 0 Å². The summed E-state index contributed by atoms with van der Waals surface area (Å²) in [6, 6.07) is 10.0. The molecule has 8 nitrogen and oxygen atoms in total. The third-order valence-corrected chi connectivity index (χ3v) is 10.3.